The fraction of sp³-hybridized carbons (Fsp3) is 0.261. The summed E-state index contributed by atoms with van der Waals surface area (Å²) in [7, 11) is 0. The minimum atomic E-state index is -0.322. The highest BCUT2D eigenvalue weighted by Crippen LogP contribution is 2.29. The molecule has 4 unspecified atom stereocenters. The first kappa shape index (κ1) is 20.3. The highest BCUT2D eigenvalue weighted by molar-refractivity contribution is 5.89. The third-order valence-corrected chi connectivity index (χ3v) is 5.49. The number of anilines is 2. The molecule has 2 fully saturated rings. The zero-order valence-corrected chi connectivity index (χ0v) is 17.1. The average Bonchev–Trinajstić information content (AvgIpc) is 3.38. The number of urea groups is 1. The Morgan fingerprint density at radius 2 is 1.75 bits per heavy atom. The van der Waals surface area contributed by atoms with Crippen LogP contribution in [0.4, 0.5) is 20.8 Å². The summed E-state index contributed by atoms with van der Waals surface area (Å²) in [4.78, 5) is 21.1. The lowest BCUT2D eigenvalue weighted by Crippen LogP contribution is -2.46. The number of carbonyl (C=O) groups is 1. The first-order valence-electron chi connectivity index (χ1n) is 10.4. The van der Waals surface area contributed by atoms with Gasteiger partial charge < -0.3 is 25.4 Å². The highest BCUT2D eigenvalue weighted by Gasteiger charge is 2.48. The van der Waals surface area contributed by atoms with Gasteiger partial charge in [0.05, 0.1) is 31.0 Å². The van der Waals surface area contributed by atoms with Crippen LogP contribution in [0.5, 0.6) is 0 Å². The number of halogens is 1. The van der Waals surface area contributed by atoms with Crippen LogP contribution in [-0.4, -0.2) is 53.5 Å². The van der Waals surface area contributed by atoms with E-state index in [-0.39, 0.29) is 36.1 Å². The van der Waals surface area contributed by atoms with Gasteiger partial charge in [-0.2, -0.15) is 0 Å². The smallest absolute Gasteiger partial charge is 0.319 e. The highest BCUT2D eigenvalue weighted by atomic mass is 19.1. The van der Waals surface area contributed by atoms with E-state index >= 15 is 0 Å². The zero-order valence-electron chi connectivity index (χ0n) is 17.1. The number of hydrogen-bond acceptors (Lipinski definition) is 6. The summed E-state index contributed by atoms with van der Waals surface area (Å²) in [5, 5.41) is 8.98. The van der Waals surface area contributed by atoms with E-state index in [1.165, 1.54) is 12.1 Å². The Morgan fingerprint density at radius 3 is 2.56 bits per heavy atom. The number of nitrogens with one attached hydrogen (secondary N) is 3. The van der Waals surface area contributed by atoms with E-state index in [4.69, 9.17) is 9.47 Å². The van der Waals surface area contributed by atoms with Crippen LogP contribution in [-0.2, 0) is 9.47 Å². The Labute approximate surface area is 184 Å². The topological polar surface area (TPSA) is 97.4 Å². The van der Waals surface area contributed by atoms with Crippen molar-refractivity contribution in [3.63, 3.8) is 0 Å². The lowest BCUT2D eigenvalue weighted by Gasteiger charge is -2.18. The van der Waals surface area contributed by atoms with Gasteiger partial charge in [0.1, 0.15) is 18.0 Å². The Balaban J connectivity index is 1.21. The summed E-state index contributed by atoms with van der Waals surface area (Å²) in [5.74, 6) is 0.0831. The van der Waals surface area contributed by atoms with Crippen LogP contribution in [0.1, 0.15) is 0 Å². The second kappa shape index (κ2) is 8.89. The van der Waals surface area contributed by atoms with Gasteiger partial charge in [-0.3, -0.25) is 0 Å². The lowest BCUT2D eigenvalue weighted by molar-refractivity contribution is 0.0683. The molecular formula is C23H22FN5O3. The molecule has 2 saturated heterocycles. The van der Waals surface area contributed by atoms with Crippen LogP contribution in [0.25, 0.3) is 11.3 Å². The van der Waals surface area contributed by atoms with Crippen LogP contribution >= 0.6 is 0 Å². The van der Waals surface area contributed by atoms with Crippen molar-refractivity contribution in [2.75, 3.05) is 23.8 Å². The van der Waals surface area contributed by atoms with Crippen molar-refractivity contribution in [2.45, 2.75) is 24.3 Å². The van der Waals surface area contributed by atoms with E-state index in [2.05, 4.69) is 25.9 Å². The van der Waals surface area contributed by atoms with Crippen molar-refractivity contribution < 1.29 is 18.7 Å². The molecule has 5 rings (SSSR count). The maximum Gasteiger partial charge on any atom is 0.319 e. The second-order valence-electron chi connectivity index (χ2n) is 7.69. The number of aromatic nitrogens is 2. The number of fused-ring (bicyclic) bond motifs is 1. The van der Waals surface area contributed by atoms with Crippen molar-refractivity contribution >= 4 is 17.7 Å². The van der Waals surface area contributed by atoms with E-state index in [1.807, 2.05) is 30.3 Å². The number of rotatable bonds is 5. The van der Waals surface area contributed by atoms with Crippen LogP contribution in [0, 0.1) is 5.82 Å². The number of ether oxygens (including phenoxy) is 2. The second-order valence-corrected chi connectivity index (χ2v) is 7.69. The minimum absolute atomic E-state index is 0.174. The molecule has 3 heterocycles. The Kier molecular flexibility index (Phi) is 5.66. The van der Waals surface area contributed by atoms with Gasteiger partial charge >= 0.3 is 6.03 Å². The number of benzene rings is 2. The summed E-state index contributed by atoms with van der Waals surface area (Å²) in [6.07, 6.45) is 1.09. The SMILES string of the molecule is O=C(Nc1ccccc1)NC1COC2C(Nc3nccc(-c4cccc(F)c4)n3)COC12. The zero-order chi connectivity index (χ0) is 21.9. The number of amides is 2. The molecule has 1 aromatic heterocycles. The molecule has 0 aliphatic carbocycles. The molecule has 0 spiro atoms. The van der Waals surface area contributed by atoms with Gasteiger partial charge in [-0.25, -0.2) is 19.2 Å². The fourth-order valence-corrected chi connectivity index (χ4v) is 4.01. The quantitative estimate of drug-likeness (QED) is 0.570. The summed E-state index contributed by atoms with van der Waals surface area (Å²) >= 11 is 0. The maximum absolute atomic E-state index is 13.6. The molecule has 32 heavy (non-hydrogen) atoms. The Bertz CT molecular complexity index is 1100. The van der Waals surface area contributed by atoms with E-state index in [9.17, 15) is 9.18 Å². The predicted molar refractivity (Wildman–Crippen MR) is 117 cm³/mol. The predicted octanol–water partition coefficient (Wildman–Crippen LogP) is 3.05. The van der Waals surface area contributed by atoms with Gasteiger partial charge in [-0.1, -0.05) is 30.3 Å². The fourth-order valence-electron chi connectivity index (χ4n) is 4.01. The van der Waals surface area contributed by atoms with Crippen molar-refractivity contribution in [1.82, 2.24) is 15.3 Å². The van der Waals surface area contributed by atoms with Crippen molar-refractivity contribution in [2.24, 2.45) is 0 Å². The largest absolute Gasteiger partial charge is 0.371 e. The molecular weight excluding hydrogens is 413 g/mol. The van der Waals surface area contributed by atoms with Gasteiger partial charge in [-0.05, 0) is 30.3 Å². The van der Waals surface area contributed by atoms with E-state index in [0.29, 0.717) is 36.1 Å². The molecule has 2 aliphatic heterocycles. The molecule has 2 aliphatic rings. The molecule has 0 radical (unpaired) electrons. The summed E-state index contributed by atoms with van der Waals surface area (Å²) < 4.78 is 25.4. The maximum atomic E-state index is 13.6. The van der Waals surface area contributed by atoms with Gasteiger partial charge in [0.15, 0.2) is 0 Å². The Hall–Kier alpha value is -3.56. The van der Waals surface area contributed by atoms with Gasteiger partial charge in [0.25, 0.3) is 0 Å². The monoisotopic (exact) mass is 435 g/mol. The number of nitrogens with zero attached hydrogens (tertiary/aromatic N) is 2. The summed E-state index contributed by atoms with van der Waals surface area (Å²) in [5.41, 5.74) is 1.99. The molecule has 4 atom stereocenters. The van der Waals surface area contributed by atoms with Crippen molar-refractivity contribution in [3.8, 4) is 11.3 Å². The lowest BCUT2D eigenvalue weighted by atomic mass is 10.1. The normalized spacial score (nSPS) is 24.0. The number of carbonyl (C=O) groups excluding carboxylic acids is 1. The first-order valence-corrected chi connectivity index (χ1v) is 10.4. The minimum Gasteiger partial charge on any atom is -0.371 e. The summed E-state index contributed by atoms with van der Waals surface area (Å²) in [6, 6.07) is 16.5. The van der Waals surface area contributed by atoms with Crippen LogP contribution in [0.15, 0.2) is 66.9 Å². The van der Waals surface area contributed by atoms with Crippen LogP contribution in [0.3, 0.4) is 0 Å². The third kappa shape index (κ3) is 4.39. The van der Waals surface area contributed by atoms with Gasteiger partial charge in [0.2, 0.25) is 5.95 Å². The molecule has 3 aromatic rings. The third-order valence-electron chi connectivity index (χ3n) is 5.49. The summed E-state index contributed by atoms with van der Waals surface area (Å²) in [6.45, 7) is 0.737. The molecule has 164 valence electrons. The van der Waals surface area contributed by atoms with E-state index < -0.39 is 0 Å². The number of hydrogen-bond donors (Lipinski definition) is 3. The van der Waals surface area contributed by atoms with E-state index in [1.54, 1.807) is 24.4 Å². The van der Waals surface area contributed by atoms with Crippen molar-refractivity contribution in [3.05, 3.63) is 72.7 Å². The van der Waals surface area contributed by atoms with Crippen LogP contribution < -0.4 is 16.0 Å². The van der Waals surface area contributed by atoms with Crippen LogP contribution in [0.2, 0.25) is 0 Å². The average molecular weight is 435 g/mol. The molecule has 0 saturated carbocycles. The molecule has 0 bridgehead atoms. The van der Waals surface area contributed by atoms with Gasteiger partial charge in [-0.15, -0.1) is 0 Å². The molecule has 2 amide bonds. The Morgan fingerprint density at radius 1 is 0.969 bits per heavy atom. The first-order chi connectivity index (χ1) is 15.7. The van der Waals surface area contributed by atoms with Crippen molar-refractivity contribution in [1.29, 1.82) is 0 Å². The van der Waals surface area contributed by atoms with E-state index in [0.717, 1.165) is 0 Å². The molecule has 8 nitrogen and oxygen atoms in total. The molecule has 9 heteroatoms. The number of para-hydroxylation sites is 1. The standard InChI is InChI=1S/C23H22FN5O3/c24-15-6-4-5-14(11-15)17-9-10-25-22(27-17)28-18-12-31-21-19(13-32-20(18)21)29-23(30)26-16-7-2-1-3-8-16/h1-11,18-21H,12-13H2,(H,25,27,28)(H2,26,29,30). The van der Waals surface area contributed by atoms with Gasteiger partial charge in [0, 0.05) is 17.4 Å². The molecule has 2 aromatic carbocycles. The molecule has 3 N–H and O–H groups in total.